The highest BCUT2D eigenvalue weighted by Gasteiger charge is 2.20. The van der Waals surface area contributed by atoms with Crippen LogP contribution in [0.5, 0.6) is 0 Å². The molecular formula is C51H97N3O7. The molecule has 1 unspecified atom stereocenters. The molecule has 0 spiro atoms. The predicted molar refractivity (Wildman–Crippen MR) is 253 cm³/mol. The van der Waals surface area contributed by atoms with Crippen molar-refractivity contribution in [3.05, 3.63) is 11.4 Å². The van der Waals surface area contributed by atoms with Crippen LogP contribution >= 0.6 is 0 Å². The van der Waals surface area contributed by atoms with E-state index in [0.717, 1.165) is 115 Å². The van der Waals surface area contributed by atoms with Gasteiger partial charge >= 0.3 is 12.1 Å². The molecule has 2 N–H and O–H groups in total. The van der Waals surface area contributed by atoms with E-state index in [1.54, 1.807) is 0 Å². The maximum atomic E-state index is 12.9. The highest BCUT2D eigenvalue weighted by molar-refractivity contribution is 5.97. The summed E-state index contributed by atoms with van der Waals surface area (Å²) in [5.74, 6) is 0.294. The number of ketones is 1. The van der Waals surface area contributed by atoms with E-state index in [0.29, 0.717) is 37.9 Å². The van der Waals surface area contributed by atoms with Crippen molar-refractivity contribution in [2.45, 2.75) is 233 Å². The Hall–Kier alpha value is -2.33. The van der Waals surface area contributed by atoms with Gasteiger partial charge in [-0.25, -0.2) is 4.79 Å². The fourth-order valence-corrected chi connectivity index (χ4v) is 8.14. The topological polar surface area (TPSA) is 115 Å². The normalized spacial score (nSPS) is 13.6. The molecule has 0 fully saturated rings. The number of hydrogen-bond acceptors (Lipinski definition) is 10. The van der Waals surface area contributed by atoms with Crippen LogP contribution in [0, 0.1) is 5.92 Å². The SMILES string of the molecule is CCCCCCCCCOC(=O)OCC(C)CCCCN(CCCCCCCC(=O)OC(CCCCCCCC)CCCCCCCC)CCCNC1=C(NC)COCC1=O. The molecule has 0 aliphatic carbocycles. The number of ether oxygens (including phenoxy) is 4. The summed E-state index contributed by atoms with van der Waals surface area (Å²) >= 11 is 0. The monoisotopic (exact) mass is 864 g/mol. The third-order valence-electron chi connectivity index (χ3n) is 12.1. The number of carbonyl (C=O) groups excluding carboxylic acids is 3. The summed E-state index contributed by atoms with van der Waals surface area (Å²) < 4.78 is 22.2. The number of rotatable bonds is 44. The molecule has 1 atom stereocenters. The molecule has 10 heteroatoms. The van der Waals surface area contributed by atoms with E-state index in [2.05, 4.69) is 43.2 Å². The van der Waals surface area contributed by atoms with Crippen molar-refractivity contribution in [2.24, 2.45) is 5.92 Å². The maximum Gasteiger partial charge on any atom is 0.508 e. The van der Waals surface area contributed by atoms with E-state index in [1.807, 2.05) is 7.05 Å². The molecule has 0 radical (unpaired) electrons. The van der Waals surface area contributed by atoms with Gasteiger partial charge < -0.3 is 34.5 Å². The number of nitrogens with one attached hydrogen (secondary N) is 2. The van der Waals surface area contributed by atoms with Gasteiger partial charge in [-0.1, -0.05) is 156 Å². The van der Waals surface area contributed by atoms with Gasteiger partial charge in [-0.2, -0.15) is 0 Å². The molecule has 61 heavy (non-hydrogen) atoms. The largest absolute Gasteiger partial charge is 0.508 e. The van der Waals surface area contributed by atoms with Gasteiger partial charge in [0.2, 0.25) is 5.78 Å². The first-order valence-corrected chi connectivity index (χ1v) is 25.8. The van der Waals surface area contributed by atoms with Gasteiger partial charge in [-0.05, 0) is 89.8 Å². The van der Waals surface area contributed by atoms with E-state index in [4.69, 9.17) is 18.9 Å². The van der Waals surface area contributed by atoms with Crippen LogP contribution in [0.3, 0.4) is 0 Å². The average molecular weight is 864 g/mol. The zero-order valence-corrected chi connectivity index (χ0v) is 40.5. The summed E-state index contributed by atoms with van der Waals surface area (Å²) in [5, 5.41) is 6.49. The summed E-state index contributed by atoms with van der Waals surface area (Å²) in [6.07, 6.45) is 35.2. The third-order valence-corrected chi connectivity index (χ3v) is 12.1. The fraction of sp³-hybridized carbons (Fsp3) is 0.902. The Morgan fingerprint density at radius 1 is 0.623 bits per heavy atom. The Morgan fingerprint density at radius 2 is 1.13 bits per heavy atom. The lowest BCUT2D eigenvalue weighted by atomic mass is 10.0. The second-order valence-corrected chi connectivity index (χ2v) is 18.0. The third kappa shape index (κ3) is 33.8. The highest BCUT2D eigenvalue weighted by atomic mass is 16.7. The van der Waals surface area contributed by atoms with Gasteiger partial charge in [-0.15, -0.1) is 0 Å². The zero-order chi connectivity index (χ0) is 44.4. The molecule has 0 saturated heterocycles. The van der Waals surface area contributed by atoms with Gasteiger partial charge in [0.1, 0.15) is 18.4 Å². The fourth-order valence-electron chi connectivity index (χ4n) is 8.14. The molecule has 10 nitrogen and oxygen atoms in total. The summed E-state index contributed by atoms with van der Waals surface area (Å²) in [4.78, 5) is 40.0. The van der Waals surface area contributed by atoms with Gasteiger partial charge in [0.25, 0.3) is 0 Å². The summed E-state index contributed by atoms with van der Waals surface area (Å²) in [7, 11) is 1.83. The molecule has 0 aromatic rings. The van der Waals surface area contributed by atoms with Crippen molar-refractivity contribution in [1.29, 1.82) is 0 Å². The Balaban J connectivity index is 2.44. The zero-order valence-electron chi connectivity index (χ0n) is 40.5. The quantitative estimate of drug-likeness (QED) is 0.0453. The number of nitrogens with zero attached hydrogens (tertiary/aromatic N) is 1. The number of esters is 1. The molecule has 0 bridgehead atoms. The molecule has 0 amide bonds. The molecule has 358 valence electrons. The highest BCUT2D eigenvalue weighted by Crippen LogP contribution is 2.19. The van der Waals surface area contributed by atoms with Gasteiger partial charge in [-0.3, -0.25) is 9.59 Å². The smallest absolute Gasteiger partial charge is 0.462 e. The molecule has 0 saturated carbocycles. The van der Waals surface area contributed by atoms with E-state index in [1.165, 1.54) is 109 Å². The number of unbranched alkanes of at least 4 members (excludes halogenated alkanes) is 21. The van der Waals surface area contributed by atoms with E-state index < -0.39 is 6.16 Å². The predicted octanol–water partition coefficient (Wildman–Crippen LogP) is 12.8. The first-order chi connectivity index (χ1) is 29.8. The summed E-state index contributed by atoms with van der Waals surface area (Å²) in [6, 6.07) is 0. The molecular weight excluding hydrogens is 767 g/mol. The van der Waals surface area contributed by atoms with E-state index >= 15 is 0 Å². The van der Waals surface area contributed by atoms with Gasteiger partial charge in [0.05, 0.1) is 25.5 Å². The molecule has 1 heterocycles. The first kappa shape index (κ1) is 56.7. The van der Waals surface area contributed by atoms with Crippen LogP contribution < -0.4 is 10.6 Å². The molecule has 0 aromatic heterocycles. The molecule has 0 aromatic carbocycles. The van der Waals surface area contributed by atoms with E-state index in [9.17, 15) is 14.4 Å². The minimum Gasteiger partial charge on any atom is -0.462 e. The number of likely N-dealkylation sites (N-methyl/N-ethyl adjacent to an activating group) is 1. The minimum atomic E-state index is -0.538. The second-order valence-electron chi connectivity index (χ2n) is 18.0. The number of hydrogen-bond donors (Lipinski definition) is 2. The number of Topliss-reactive ketones (excluding diaryl/α,β-unsaturated/α-hetero) is 1. The lowest BCUT2D eigenvalue weighted by molar-refractivity contribution is -0.150. The second kappa shape index (κ2) is 41.7. The lowest BCUT2D eigenvalue weighted by Crippen LogP contribution is -2.36. The van der Waals surface area contributed by atoms with Crippen molar-refractivity contribution in [3.63, 3.8) is 0 Å². The molecule has 1 rings (SSSR count). The van der Waals surface area contributed by atoms with Crippen molar-refractivity contribution in [1.82, 2.24) is 15.5 Å². The lowest BCUT2D eigenvalue weighted by Gasteiger charge is -2.24. The molecule has 1 aliphatic heterocycles. The van der Waals surface area contributed by atoms with E-state index in [-0.39, 0.29) is 24.5 Å². The van der Waals surface area contributed by atoms with Gasteiger partial charge in [0, 0.05) is 20.0 Å². The minimum absolute atomic E-state index is 0.00129. The van der Waals surface area contributed by atoms with Crippen molar-refractivity contribution >= 4 is 17.9 Å². The van der Waals surface area contributed by atoms with Crippen LogP contribution in [-0.4, -0.2) is 88.6 Å². The Labute approximate surface area is 375 Å². The Morgan fingerprint density at radius 3 is 1.74 bits per heavy atom. The van der Waals surface area contributed by atoms with Crippen LogP contribution in [0.25, 0.3) is 0 Å². The van der Waals surface area contributed by atoms with Crippen molar-refractivity contribution in [2.75, 3.05) is 59.7 Å². The summed E-state index contributed by atoms with van der Waals surface area (Å²) in [6.45, 7) is 14.1. The van der Waals surface area contributed by atoms with Crippen LogP contribution in [0.1, 0.15) is 227 Å². The number of carbonyl (C=O) groups is 3. The summed E-state index contributed by atoms with van der Waals surface area (Å²) in [5.41, 5.74) is 1.48. The van der Waals surface area contributed by atoms with Crippen molar-refractivity contribution in [3.8, 4) is 0 Å². The van der Waals surface area contributed by atoms with Crippen molar-refractivity contribution < 1.29 is 33.3 Å². The van der Waals surface area contributed by atoms with Gasteiger partial charge in [0.15, 0.2) is 0 Å². The molecule has 1 aliphatic rings. The maximum absolute atomic E-state index is 12.9. The van der Waals surface area contributed by atoms with Crippen LogP contribution in [0.15, 0.2) is 11.4 Å². The first-order valence-electron chi connectivity index (χ1n) is 25.8. The van der Waals surface area contributed by atoms with Crippen LogP contribution in [0.2, 0.25) is 0 Å². The van der Waals surface area contributed by atoms with Crippen LogP contribution in [-0.2, 0) is 28.5 Å². The van der Waals surface area contributed by atoms with Crippen LogP contribution in [0.4, 0.5) is 4.79 Å². The average Bonchev–Trinajstić information content (AvgIpc) is 3.25. The standard InChI is InChI=1S/C51H97N3O7/c1-6-9-12-15-18-24-31-41-59-51(57)60-42-45(4)33-28-30-39-54(40-32-37-53-50-47(52-5)43-58-44-48(50)55)38-29-23-19-22-27-36-49(56)61-46(34-25-20-16-13-10-7-2)35-26-21-17-14-11-8-3/h45-46,52-53H,6-44H2,1-5H3. The Bertz CT molecular complexity index is 1070. The Kier molecular flexibility index (Phi) is 38.7.